The number of thioether (sulfide) groups is 1. The van der Waals surface area contributed by atoms with E-state index in [2.05, 4.69) is 10.1 Å². The Hall–Kier alpha value is -1.82. The van der Waals surface area contributed by atoms with Crippen molar-refractivity contribution >= 4 is 17.7 Å². The first-order chi connectivity index (χ1) is 8.99. The number of hydrogen-bond donors (Lipinski definition) is 1. The van der Waals surface area contributed by atoms with Crippen LogP contribution < -0.4 is 0 Å². The molecule has 2 rings (SSSR count). The molecule has 0 aliphatic carbocycles. The lowest BCUT2D eigenvalue weighted by Crippen LogP contribution is -2.27. The van der Waals surface area contributed by atoms with Crippen LogP contribution >= 0.6 is 11.8 Å². The van der Waals surface area contributed by atoms with Crippen molar-refractivity contribution < 1.29 is 14.4 Å². The Balaban J connectivity index is 2.05. The van der Waals surface area contributed by atoms with Crippen LogP contribution in [-0.2, 0) is 10.5 Å². The van der Waals surface area contributed by atoms with Gasteiger partial charge in [-0.15, -0.1) is 11.8 Å². The van der Waals surface area contributed by atoms with E-state index in [9.17, 15) is 4.79 Å². The van der Waals surface area contributed by atoms with E-state index in [0.717, 1.165) is 5.56 Å². The highest BCUT2D eigenvalue weighted by Gasteiger charge is 2.28. The molecule has 6 heteroatoms. The molecule has 0 amide bonds. The fourth-order valence-corrected chi connectivity index (χ4v) is 2.05. The van der Waals surface area contributed by atoms with Gasteiger partial charge >= 0.3 is 5.97 Å². The maximum atomic E-state index is 11.0. The lowest BCUT2D eigenvalue weighted by Gasteiger charge is -2.16. The summed E-state index contributed by atoms with van der Waals surface area (Å²) >= 11 is 1.25. The first-order valence-electron chi connectivity index (χ1n) is 5.74. The molecule has 0 saturated carbocycles. The number of hydrogen-bond acceptors (Lipinski definition) is 5. The van der Waals surface area contributed by atoms with Crippen LogP contribution in [0.15, 0.2) is 34.9 Å². The number of aromatic nitrogens is 2. The second-order valence-corrected chi connectivity index (χ2v) is 6.08. The molecule has 2 aromatic rings. The minimum atomic E-state index is -0.874. The first kappa shape index (κ1) is 13.6. The quantitative estimate of drug-likeness (QED) is 0.906. The fourth-order valence-electron chi connectivity index (χ4n) is 1.32. The summed E-state index contributed by atoms with van der Waals surface area (Å²) in [5.74, 6) is 0.460. The van der Waals surface area contributed by atoms with Gasteiger partial charge in [0.1, 0.15) is 4.75 Å². The molecule has 0 radical (unpaired) electrons. The second-order valence-electron chi connectivity index (χ2n) is 4.48. The topological polar surface area (TPSA) is 76.2 Å². The summed E-state index contributed by atoms with van der Waals surface area (Å²) in [6, 6.07) is 9.49. The summed E-state index contributed by atoms with van der Waals surface area (Å²) in [7, 11) is 0. The molecule has 0 fully saturated rings. The highest BCUT2D eigenvalue weighted by molar-refractivity contribution is 8.00. The number of carbonyl (C=O) groups is 1. The molecule has 0 atom stereocenters. The molecule has 1 aromatic carbocycles. The molecule has 1 heterocycles. The van der Waals surface area contributed by atoms with Crippen molar-refractivity contribution in [1.82, 2.24) is 10.1 Å². The minimum Gasteiger partial charge on any atom is -0.480 e. The van der Waals surface area contributed by atoms with E-state index < -0.39 is 10.7 Å². The molecular formula is C13H14N2O3S. The maximum Gasteiger partial charge on any atom is 0.319 e. The van der Waals surface area contributed by atoms with Crippen molar-refractivity contribution in [2.75, 3.05) is 0 Å². The normalized spacial score (nSPS) is 11.5. The van der Waals surface area contributed by atoms with Gasteiger partial charge in [-0.3, -0.25) is 4.79 Å². The van der Waals surface area contributed by atoms with E-state index in [1.807, 2.05) is 30.3 Å². The number of benzene rings is 1. The number of rotatable bonds is 5. The molecule has 0 spiro atoms. The Kier molecular flexibility index (Phi) is 3.90. The van der Waals surface area contributed by atoms with E-state index in [0.29, 0.717) is 17.5 Å². The predicted molar refractivity (Wildman–Crippen MR) is 72.7 cm³/mol. The number of carboxylic acid groups (broad SMARTS) is 1. The molecule has 0 aliphatic heterocycles. The molecule has 5 nitrogen and oxygen atoms in total. The van der Waals surface area contributed by atoms with E-state index in [1.54, 1.807) is 13.8 Å². The number of carboxylic acids is 1. The van der Waals surface area contributed by atoms with Crippen molar-refractivity contribution in [2.24, 2.45) is 0 Å². The van der Waals surface area contributed by atoms with Gasteiger partial charge in [0.15, 0.2) is 0 Å². The predicted octanol–water partition coefficient (Wildman–Crippen LogP) is 2.83. The van der Waals surface area contributed by atoms with Gasteiger partial charge in [0, 0.05) is 5.56 Å². The van der Waals surface area contributed by atoms with Crippen LogP contribution in [0.5, 0.6) is 0 Å². The van der Waals surface area contributed by atoms with Gasteiger partial charge in [0.2, 0.25) is 11.7 Å². The zero-order valence-electron chi connectivity index (χ0n) is 10.7. The van der Waals surface area contributed by atoms with Gasteiger partial charge in [-0.1, -0.05) is 35.5 Å². The summed E-state index contributed by atoms with van der Waals surface area (Å²) in [5, 5.41) is 12.9. The van der Waals surface area contributed by atoms with Crippen LogP contribution in [0, 0.1) is 0 Å². The minimum absolute atomic E-state index is 0.374. The van der Waals surface area contributed by atoms with Gasteiger partial charge < -0.3 is 9.63 Å². The average Bonchev–Trinajstić information content (AvgIpc) is 2.86. The largest absolute Gasteiger partial charge is 0.480 e. The summed E-state index contributed by atoms with van der Waals surface area (Å²) in [5.41, 5.74) is 0.875. The third-order valence-electron chi connectivity index (χ3n) is 2.57. The Morgan fingerprint density at radius 3 is 2.68 bits per heavy atom. The summed E-state index contributed by atoms with van der Waals surface area (Å²) < 4.78 is 4.25. The molecule has 1 aromatic heterocycles. The second kappa shape index (κ2) is 5.44. The molecular weight excluding hydrogens is 264 g/mol. The van der Waals surface area contributed by atoms with Crippen LogP contribution in [0.25, 0.3) is 11.4 Å². The van der Waals surface area contributed by atoms with Gasteiger partial charge in [-0.05, 0) is 13.8 Å². The van der Waals surface area contributed by atoms with E-state index in [-0.39, 0.29) is 0 Å². The molecule has 100 valence electrons. The van der Waals surface area contributed by atoms with E-state index in [1.165, 1.54) is 11.8 Å². The molecule has 1 N–H and O–H groups in total. The lowest BCUT2D eigenvalue weighted by molar-refractivity contribution is -0.138. The zero-order chi connectivity index (χ0) is 13.9. The zero-order valence-corrected chi connectivity index (χ0v) is 11.5. The van der Waals surface area contributed by atoms with Gasteiger partial charge in [0.05, 0.1) is 5.75 Å². The molecule has 0 unspecified atom stereocenters. The SMILES string of the molecule is CC(C)(SCc1nc(-c2ccccc2)no1)C(=O)O. The van der Waals surface area contributed by atoms with Gasteiger partial charge in [0.25, 0.3) is 0 Å². The first-order valence-corrected chi connectivity index (χ1v) is 6.73. The summed E-state index contributed by atoms with van der Waals surface area (Å²) in [6.45, 7) is 3.29. The Morgan fingerprint density at radius 1 is 1.37 bits per heavy atom. The lowest BCUT2D eigenvalue weighted by atomic mass is 10.2. The van der Waals surface area contributed by atoms with Gasteiger partial charge in [-0.25, -0.2) is 0 Å². The monoisotopic (exact) mass is 278 g/mol. The molecule has 0 saturated heterocycles. The van der Waals surface area contributed by atoms with E-state index >= 15 is 0 Å². The smallest absolute Gasteiger partial charge is 0.319 e. The molecule has 19 heavy (non-hydrogen) atoms. The van der Waals surface area contributed by atoms with Crippen molar-refractivity contribution in [3.8, 4) is 11.4 Å². The maximum absolute atomic E-state index is 11.0. The van der Waals surface area contributed by atoms with Crippen molar-refractivity contribution in [3.63, 3.8) is 0 Å². The Morgan fingerprint density at radius 2 is 2.05 bits per heavy atom. The van der Waals surface area contributed by atoms with Crippen LogP contribution in [0.4, 0.5) is 0 Å². The number of aliphatic carboxylic acids is 1. The van der Waals surface area contributed by atoms with Gasteiger partial charge in [-0.2, -0.15) is 4.98 Å². The molecule has 0 bridgehead atoms. The van der Waals surface area contributed by atoms with Crippen LogP contribution in [0.3, 0.4) is 0 Å². The average molecular weight is 278 g/mol. The van der Waals surface area contributed by atoms with Crippen LogP contribution in [0.1, 0.15) is 19.7 Å². The van der Waals surface area contributed by atoms with E-state index in [4.69, 9.17) is 9.63 Å². The van der Waals surface area contributed by atoms with Crippen molar-refractivity contribution in [2.45, 2.75) is 24.3 Å². The Labute approximate surface area is 115 Å². The van der Waals surface area contributed by atoms with Crippen LogP contribution in [0.2, 0.25) is 0 Å². The highest BCUT2D eigenvalue weighted by atomic mass is 32.2. The van der Waals surface area contributed by atoms with Crippen molar-refractivity contribution in [1.29, 1.82) is 0 Å². The summed E-state index contributed by atoms with van der Waals surface area (Å²) in [6.07, 6.45) is 0. The third kappa shape index (κ3) is 3.35. The van der Waals surface area contributed by atoms with Crippen molar-refractivity contribution in [3.05, 3.63) is 36.2 Å². The summed E-state index contributed by atoms with van der Waals surface area (Å²) in [4.78, 5) is 15.2. The molecule has 0 aliphatic rings. The Bertz CT molecular complexity index is 566. The standard InChI is InChI=1S/C13H14N2O3S/c1-13(2,12(16)17)19-8-10-14-11(15-18-10)9-6-4-3-5-7-9/h3-7H,8H2,1-2H3,(H,16,17). The fraction of sp³-hybridized carbons (Fsp3) is 0.308. The number of nitrogens with zero attached hydrogens (tertiary/aromatic N) is 2. The third-order valence-corrected chi connectivity index (χ3v) is 3.86. The van der Waals surface area contributed by atoms with Crippen LogP contribution in [-0.4, -0.2) is 26.0 Å². The highest BCUT2D eigenvalue weighted by Crippen LogP contribution is 2.28.